The second-order valence-electron chi connectivity index (χ2n) is 4.47. The average molecular weight is 300 g/mol. The third kappa shape index (κ3) is 3.02. The Bertz CT molecular complexity index is 519. The highest BCUT2D eigenvalue weighted by Gasteiger charge is 2.13. The molecule has 0 aliphatic carbocycles. The van der Waals surface area contributed by atoms with Gasteiger partial charge in [-0.25, -0.2) is 9.50 Å². The molecule has 0 unspecified atom stereocenters. The predicted molar refractivity (Wildman–Crippen MR) is 66.6 cm³/mol. The molecule has 2 aromatic heterocycles. The van der Waals surface area contributed by atoms with Crippen molar-refractivity contribution in [3.05, 3.63) is 28.6 Å². The summed E-state index contributed by atoms with van der Waals surface area (Å²) in [4.78, 5) is 4.14. The Morgan fingerprint density at radius 1 is 1.47 bits per heavy atom. The fourth-order valence-corrected chi connectivity index (χ4v) is 1.85. The van der Waals surface area contributed by atoms with Crippen molar-refractivity contribution in [2.45, 2.75) is 26.1 Å². The lowest BCUT2D eigenvalue weighted by Crippen LogP contribution is -2.26. The zero-order valence-corrected chi connectivity index (χ0v) is 11.3. The minimum absolute atomic E-state index is 0.277. The molecule has 1 N–H and O–H groups in total. The Kier molecular flexibility index (Phi) is 3.46. The molecule has 0 radical (unpaired) electrons. The number of fused-ring (bicyclic) bond motifs is 1. The van der Waals surface area contributed by atoms with Crippen LogP contribution in [0.15, 0.2) is 22.9 Å². The highest BCUT2D eigenvalue weighted by molar-refractivity contribution is 9.10. The maximum absolute atomic E-state index is 9.55. The number of halogens is 1. The van der Waals surface area contributed by atoms with Crippen LogP contribution >= 0.6 is 15.9 Å². The summed E-state index contributed by atoms with van der Waals surface area (Å²) in [6.07, 6.45) is 1.50. The van der Waals surface area contributed by atoms with E-state index in [2.05, 4.69) is 26.0 Å². The lowest BCUT2D eigenvalue weighted by Gasteiger charge is -2.17. The highest BCUT2D eigenvalue weighted by Crippen LogP contribution is 2.17. The first-order valence-electron chi connectivity index (χ1n) is 5.24. The van der Waals surface area contributed by atoms with Gasteiger partial charge in [0, 0.05) is 0 Å². The van der Waals surface area contributed by atoms with Gasteiger partial charge in [0.2, 0.25) is 0 Å². The molecule has 0 spiro atoms. The van der Waals surface area contributed by atoms with Crippen LogP contribution in [0.3, 0.4) is 0 Å². The number of aliphatic hydroxyl groups is 1. The number of rotatable bonds is 4. The summed E-state index contributed by atoms with van der Waals surface area (Å²) in [6, 6.07) is 3.82. The van der Waals surface area contributed by atoms with Gasteiger partial charge in [0.05, 0.1) is 29.0 Å². The molecular weight excluding hydrogens is 286 g/mol. The fraction of sp³-hybridized carbons (Fsp3) is 0.455. The topological polar surface area (TPSA) is 59.7 Å². The fourth-order valence-electron chi connectivity index (χ4n) is 1.44. The maximum atomic E-state index is 9.55. The second-order valence-corrected chi connectivity index (χ2v) is 5.33. The van der Waals surface area contributed by atoms with Crippen molar-refractivity contribution in [1.29, 1.82) is 0 Å². The van der Waals surface area contributed by atoms with E-state index in [0.717, 1.165) is 15.8 Å². The van der Waals surface area contributed by atoms with Crippen molar-refractivity contribution >= 4 is 21.6 Å². The van der Waals surface area contributed by atoms with Crippen molar-refractivity contribution in [3.8, 4) is 0 Å². The Balaban J connectivity index is 2.14. The van der Waals surface area contributed by atoms with Gasteiger partial charge in [-0.1, -0.05) is 0 Å². The average Bonchev–Trinajstić information content (AvgIpc) is 2.69. The standard InChI is InChI=1S/C11H14BrN3O2/c1-11(2,16)6-17-5-8-3-4-9(12)10-13-7-14-15(8)10/h3-4,7,16H,5-6H2,1-2H3. The zero-order valence-electron chi connectivity index (χ0n) is 9.72. The first-order chi connectivity index (χ1) is 7.97. The van der Waals surface area contributed by atoms with Crippen LogP contribution in [0.4, 0.5) is 0 Å². The second kappa shape index (κ2) is 4.72. The van der Waals surface area contributed by atoms with E-state index in [0.29, 0.717) is 6.61 Å². The molecule has 0 aliphatic heterocycles. The van der Waals surface area contributed by atoms with Gasteiger partial charge in [0.15, 0.2) is 5.65 Å². The molecule has 6 heteroatoms. The molecule has 2 aromatic rings. The molecule has 92 valence electrons. The van der Waals surface area contributed by atoms with Gasteiger partial charge in [-0.2, -0.15) is 5.10 Å². The maximum Gasteiger partial charge on any atom is 0.169 e. The summed E-state index contributed by atoms with van der Waals surface area (Å²) in [5.41, 5.74) is 0.830. The summed E-state index contributed by atoms with van der Waals surface area (Å²) in [5.74, 6) is 0. The highest BCUT2D eigenvalue weighted by atomic mass is 79.9. The van der Waals surface area contributed by atoms with Crippen LogP contribution in [-0.4, -0.2) is 31.9 Å². The first kappa shape index (κ1) is 12.5. The molecule has 0 bridgehead atoms. The number of ether oxygens (including phenoxy) is 1. The van der Waals surface area contributed by atoms with Gasteiger partial charge >= 0.3 is 0 Å². The van der Waals surface area contributed by atoms with Crippen molar-refractivity contribution in [2.75, 3.05) is 6.61 Å². The zero-order chi connectivity index (χ0) is 12.5. The van der Waals surface area contributed by atoms with Crippen LogP contribution < -0.4 is 0 Å². The molecule has 0 saturated carbocycles. The Morgan fingerprint density at radius 2 is 2.24 bits per heavy atom. The minimum Gasteiger partial charge on any atom is -0.388 e. The van der Waals surface area contributed by atoms with E-state index in [4.69, 9.17) is 4.74 Å². The monoisotopic (exact) mass is 299 g/mol. The van der Waals surface area contributed by atoms with Crippen molar-refractivity contribution in [3.63, 3.8) is 0 Å². The molecule has 0 saturated heterocycles. The van der Waals surface area contributed by atoms with E-state index >= 15 is 0 Å². The summed E-state index contributed by atoms with van der Waals surface area (Å²) in [7, 11) is 0. The Morgan fingerprint density at radius 3 is 2.94 bits per heavy atom. The van der Waals surface area contributed by atoms with Crippen LogP contribution in [0.2, 0.25) is 0 Å². The van der Waals surface area contributed by atoms with E-state index in [-0.39, 0.29) is 6.61 Å². The minimum atomic E-state index is -0.823. The number of nitrogens with zero attached hydrogens (tertiary/aromatic N) is 3. The molecule has 2 rings (SSSR count). The third-order valence-corrected chi connectivity index (χ3v) is 2.78. The van der Waals surface area contributed by atoms with Gasteiger partial charge in [-0.3, -0.25) is 0 Å². The molecule has 2 heterocycles. The lowest BCUT2D eigenvalue weighted by molar-refractivity contribution is -0.0280. The van der Waals surface area contributed by atoms with Crippen LogP contribution in [0.1, 0.15) is 19.5 Å². The molecule has 17 heavy (non-hydrogen) atoms. The van der Waals surface area contributed by atoms with Gasteiger partial charge < -0.3 is 9.84 Å². The van der Waals surface area contributed by atoms with E-state index in [1.54, 1.807) is 18.4 Å². The van der Waals surface area contributed by atoms with Crippen molar-refractivity contribution < 1.29 is 9.84 Å². The van der Waals surface area contributed by atoms with Crippen molar-refractivity contribution in [1.82, 2.24) is 14.6 Å². The van der Waals surface area contributed by atoms with Gasteiger partial charge in [-0.15, -0.1) is 0 Å². The smallest absolute Gasteiger partial charge is 0.169 e. The molecule has 0 aliphatic rings. The molecule has 0 fully saturated rings. The molecule has 0 aromatic carbocycles. The largest absolute Gasteiger partial charge is 0.388 e. The summed E-state index contributed by atoms with van der Waals surface area (Å²) in [6.45, 7) is 4.08. The van der Waals surface area contributed by atoms with Crippen molar-refractivity contribution in [2.24, 2.45) is 0 Å². The van der Waals surface area contributed by atoms with Gasteiger partial charge in [0.25, 0.3) is 0 Å². The molecule has 0 amide bonds. The molecular formula is C11H14BrN3O2. The Labute approximate surface area is 108 Å². The van der Waals surface area contributed by atoms with Gasteiger partial charge in [0.1, 0.15) is 6.33 Å². The van der Waals surface area contributed by atoms with E-state index in [9.17, 15) is 5.11 Å². The van der Waals surface area contributed by atoms with E-state index in [1.807, 2.05) is 12.1 Å². The predicted octanol–water partition coefficient (Wildman–Crippen LogP) is 1.78. The molecule has 0 atom stereocenters. The summed E-state index contributed by atoms with van der Waals surface area (Å²) < 4.78 is 8.05. The quantitative estimate of drug-likeness (QED) is 0.935. The van der Waals surface area contributed by atoms with Gasteiger partial charge in [-0.05, 0) is 41.9 Å². The SMILES string of the molecule is CC(C)(O)COCc1ccc(Br)c2ncnn12. The molecule has 5 nitrogen and oxygen atoms in total. The first-order valence-corrected chi connectivity index (χ1v) is 6.04. The lowest BCUT2D eigenvalue weighted by atomic mass is 10.2. The Hall–Kier alpha value is -0.980. The van der Waals surface area contributed by atoms with E-state index in [1.165, 1.54) is 6.33 Å². The van der Waals surface area contributed by atoms with Crippen LogP contribution in [0.5, 0.6) is 0 Å². The van der Waals surface area contributed by atoms with Crippen LogP contribution in [0, 0.1) is 0 Å². The summed E-state index contributed by atoms with van der Waals surface area (Å²) in [5, 5.41) is 13.7. The third-order valence-electron chi connectivity index (χ3n) is 2.16. The number of pyridine rings is 1. The van der Waals surface area contributed by atoms with E-state index < -0.39 is 5.60 Å². The number of hydrogen-bond donors (Lipinski definition) is 1. The van der Waals surface area contributed by atoms with Crippen LogP contribution in [-0.2, 0) is 11.3 Å². The number of aromatic nitrogens is 3. The number of hydrogen-bond acceptors (Lipinski definition) is 4. The van der Waals surface area contributed by atoms with Crippen LogP contribution in [0.25, 0.3) is 5.65 Å². The summed E-state index contributed by atoms with van der Waals surface area (Å²) >= 11 is 3.41. The normalized spacial score (nSPS) is 12.2.